The van der Waals surface area contributed by atoms with Gasteiger partial charge in [-0.1, -0.05) is 77.3 Å². The lowest BCUT2D eigenvalue weighted by atomic mass is 10.1. The fourth-order valence-electron chi connectivity index (χ4n) is 4.18. The van der Waals surface area contributed by atoms with Gasteiger partial charge in [0.1, 0.15) is 5.75 Å². The number of rotatable bonds is 17. The average molecular weight is 508 g/mol. The van der Waals surface area contributed by atoms with E-state index in [1.807, 2.05) is 56.3 Å². The predicted molar refractivity (Wildman–Crippen MR) is 148 cm³/mol. The lowest BCUT2D eigenvalue weighted by molar-refractivity contribution is -0.148. The van der Waals surface area contributed by atoms with Gasteiger partial charge in [0.25, 0.3) is 0 Å². The van der Waals surface area contributed by atoms with Gasteiger partial charge in [0.15, 0.2) is 0 Å². The maximum atomic E-state index is 12.3. The zero-order valence-corrected chi connectivity index (χ0v) is 22.4. The van der Waals surface area contributed by atoms with Gasteiger partial charge in [-0.25, -0.2) is 9.78 Å². The van der Waals surface area contributed by atoms with E-state index in [1.165, 1.54) is 44.9 Å². The minimum atomic E-state index is -0.389. The van der Waals surface area contributed by atoms with Crippen LogP contribution in [-0.4, -0.2) is 24.2 Å². The Labute approximate surface area is 220 Å². The lowest BCUT2D eigenvalue weighted by Gasteiger charge is -2.09. The van der Waals surface area contributed by atoms with E-state index in [1.54, 1.807) is 6.20 Å². The molecule has 0 saturated carbocycles. The van der Waals surface area contributed by atoms with Gasteiger partial charge in [-0.2, -0.15) is 0 Å². The molecule has 2 heterocycles. The van der Waals surface area contributed by atoms with Crippen molar-refractivity contribution >= 4 is 17.1 Å². The summed E-state index contributed by atoms with van der Waals surface area (Å²) in [5.41, 5.74) is 1.29. The number of carbonyl (C=O) groups is 1. The number of ether oxygens (including phenoxy) is 2. The normalized spacial score (nSPS) is 11.9. The number of carbonyl (C=O) groups excluding carboxylic acids is 1. The van der Waals surface area contributed by atoms with Crippen LogP contribution in [0, 0.1) is 5.92 Å². The first-order valence-corrected chi connectivity index (χ1v) is 13.9. The van der Waals surface area contributed by atoms with E-state index in [9.17, 15) is 9.59 Å². The Morgan fingerprint density at radius 2 is 1.51 bits per heavy atom. The molecule has 6 heteroatoms. The van der Waals surface area contributed by atoms with Crippen molar-refractivity contribution in [1.29, 1.82) is 0 Å². The number of hydrogen-bond acceptors (Lipinski definition) is 6. The number of esters is 1. The molecule has 37 heavy (non-hydrogen) atoms. The molecule has 3 rings (SSSR count). The van der Waals surface area contributed by atoms with Crippen molar-refractivity contribution in [2.45, 2.75) is 84.5 Å². The number of benzene rings is 1. The van der Waals surface area contributed by atoms with Crippen molar-refractivity contribution in [2.75, 3.05) is 13.2 Å². The number of pyridine rings is 1. The first kappa shape index (κ1) is 28.4. The minimum Gasteiger partial charge on any atom is -0.494 e. The van der Waals surface area contributed by atoms with Gasteiger partial charge in [-0.3, -0.25) is 4.79 Å². The van der Waals surface area contributed by atoms with Crippen LogP contribution in [0.1, 0.15) is 84.5 Å². The standard InChI is InChI=1S/C31H41NO5/c1-3-24(2)30(33)36-22-13-11-9-7-5-4-6-8-10-12-21-35-27-18-16-25(17-19-27)28-23-26-15-14-20-32-29(26)37-31(28)34/h14-20,23-24H,3-13,21-22H2,1-2H3. The molecule has 6 nitrogen and oxygen atoms in total. The molecular formula is C31H41NO5. The number of hydrogen-bond donors (Lipinski definition) is 0. The summed E-state index contributed by atoms with van der Waals surface area (Å²) in [7, 11) is 0. The summed E-state index contributed by atoms with van der Waals surface area (Å²) in [5.74, 6) is 0.769. The average Bonchev–Trinajstić information content (AvgIpc) is 2.92. The van der Waals surface area contributed by atoms with Crippen molar-refractivity contribution in [1.82, 2.24) is 4.98 Å². The Bertz CT molecular complexity index is 1140. The van der Waals surface area contributed by atoms with Crippen LogP contribution in [0.15, 0.2) is 57.9 Å². The van der Waals surface area contributed by atoms with E-state index in [2.05, 4.69) is 4.98 Å². The summed E-state index contributed by atoms with van der Waals surface area (Å²) >= 11 is 0. The predicted octanol–water partition coefficient (Wildman–Crippen LogP) is 7.72. The summed E-state index contributed by atoms with van der Waals surface area (Å²) in [6.45, 7) is 5.19. The Hall–Kier alpha value is -3.15. The van der Waals surface area contributed by atoms with E-state index in [0.29, 0.717) is 24.5 Å². The highest BCUT2D eigenvalue weighted by molar-refractivity contribution is 5.78. The number of unbranched alkanes of at least 4 members (excludes halogenated alkanes) is 9. The van der Waals surface area contributed by atoms with Gasteiger partial charge in [0.05, 0.1) is 24.7 Å². The molecule has 0 bridgehead atoms. The van der Waals surface area contributed by atoms with E-state index < -0.39 is 0 Å². The van der Waals surface area contributed by atoms with Crippen molar-refractivity contribution in [3.8, 4) is 16.9 Å². The molecule has 3 aromatic rings. The highest BCUT2D eigenvalue weighted by Crippen LogP contribution is 2.23. The zero-order chi connectivity index (χ0) is 26.3. The largest absolute Gasteiger partial charge is 0.494 e. The third kappa shape index (κ3) is 9.67. The summed E-state index contributed by atoms with van der Waals surface area (Å²) < 4.78 is 16.5. The number of aromatic nitrogens is 1. The smallest absolute Gasteiger partial charge is 0.345 e. The van der Waals surface area contributed by atoms with Gasteiger partial charge in [-0.05, 0) is 55.2 Å². The van der Waals surface area contributed by atoms with Crippen molar-refractivity contribution in [2.24, 2.45) is 5.92 Å². The molecule has 2 aromatic heterocycles. The van der Waals surface area contributed by atoms with E-state index in [-0.39, 0.29) is 17.5 Å². The second-order valence-corrected chi connectivity index (χ2v) is 9.73. The Kier molecular flexibility index (Phi) is 12.2. The molecule has 1 aromatic carbocycles. The summed E-state index contributed by atoms with van der Waals surface area (Å²) in [6.07, 6.45) is 14.3. The third-order valence-electron chi connectivity index (χ3n) is 6.74. The molecule has 0 aliphatic rings. The highest BCUT2D eigenvalue weighted by Gasteiger charge is 2.11. The number of nitrogens with zero attached hydrogens (tertiary/aromatic N) is 1. The van der Waals surface area contributed by atoms with Crippen LogP contribution < -0.4 is 10.4 Å². The fourth-order valence-corrected chi connectivity index (χ4v) is 4.18. The molecular weight excluding hydrogens is 466 g/mol. The van der Waals surface area contributed by atoms with Crippen LogP contribution in [0.25, 0.3) is 22.2 Å². The van der Waals surface area contributed by atoms with Crippen LogP contribution in [0.5, 0.6) is 5.75 Å². The van der Waals surface area contributed by atoms with Crippen LogP contribution in [0.2, 0.25) is 0 Å². The van der Waals surface area contributed by atoms with Gasteiger partial charge in [-0.15, -0.1) is 0 Å². The lowest BCUT2D eigenvalue weighted by Crippen LogP contribution is -2.14. The van der Waals surface area contributed by atoms with E-state index in [4.69, 9.17) is 13.9 Å². The first-order valence-electron chi connectivity index (χ1n) is 13.9. The quantitative estimate of drug-likeness (QED) is 0.137. The molecule has 0 aliphatic carbocycles. The van der Waals surface area contributed by atoms with Crippen LogP contribution in [0.3, 0.4) is 0 Å². The molecule has 1 unspecified atom stereocenters. The monoisotopic (exact) mass is 507 g/mol. The third-order valence-corrected chi connectivity index (χ3v) is 6.74. The summed E-state index contributed by atoms with van der Waals surface area (Å²) in [6, 6.07) is 13.1. The number of fused-ring (bicyclic) bond motifs is 1. The molecule has 0 fully saturated rings. The SMILES string of the molecule is CCC(C)C(=O)OCCCCCCCCCCCCOc1ccc(-c2cc3cccnc3oc2=O)cc1. The molecule has 200 valence electrons. The Morgan fingerprint density at radius 3 is 2.16 bits per heavy atom. The van der Waals surface area contributed by atoms with Crippen LogP contribution in [-0.2, 0) is 9.53 Å². The zero-order valence-electron chi connectivity index (χ0n) is 22.4. The van der Waals surface area contributed by atoms with Crippen molar-refractivity contribution in [3.63, 3.8) is 0 Å². The second kappa shape index (κ2) is 15.9. The maximum Gasteiger partial charge on any atom is 0.345 e. The molecule has 0 N–H and O–H groups in total. The topological polar surface area (TPSA) is 78.6 Å². The van der Waals surface area contributed by atoms with Crippen LogP contribution in [0.4, 0.5) is 0 Å². The molecule has 0 radical (unpaired) electrons. The molecule has 0 aliphatic heterocycles. The highest BCUT2D eigenvalue weighted by atomic mass is 16.5. The van der Waals surface area contributed by atoms with Crippen molar-refractivity contribution in [3.05, 3.63) is 59.1 Å². The van der Waals surface area contributed by atoms with Crippen LogP contribution >= 0.6 is 0 Å². The van der Waals surface area contributed by atoms with E-state index in [0.717, 1.165) is 42.4 Å². The van der Waals surface area contributed by atoms with Gasteiger partial charge >= 0.3 is 11.6 Å². The Balaban J connectivity index is 1.20. The fraction of sp³-hybridized carbons (Fsp3) is 0.516. The molecule has 0 saturated heterocycles. The molecule has 1 atom stereocenters. The van der Waals surface area contributed by atoms with Gasteiger partial charge < -0.3 is 13.9 Å². The maximum absolute atomic E-state index is 12.3. The first-order chi connectivity index (χ1) is 18.1. The van der Waals surface area contributed by atoms with Gasteiger partial charge in [0.2, 0.25) is 5.71 Å². The van der Waals surface area contributed by atoms with E-state index >= 15 is 0 Å². The van der Waals surface area contributed by atoms with Gasteiger partial charge in [0, 0.05) is 11.6 Å². The second-order valence-electron chi connectivity index (χ2n) is 9.73. The van der Waals surface area contributed by atoms with Crippen molar-refractivity contribution < 1.29 is 18.7 Å². The minimum absolute atomic E-state index is 0.0177. The Morgan fingerprint density at radius 1 is 0.892 bits per heavy atom. The summed E-state index contributed by atoms with van der Waals surface area (Å²) in [5, 5.41) is 0.800. The molecule has 0 amide bonds. The molecule has 0 spiro atoms. The summed E-state index contributed by atoms with van der Waals surface area (Å²) in [4.78, 5) is 28.0.